The molecule has 0 unspecified atom stereocenters. The van der Waals surface area contributed by atoms with Crippen LogP contribution in [0, 0.1) is 0 Å². The lowest BCUT2D eigenvalue weighted by Gasteiger charge is -2.44. The fourth-order valence-electron chi connectivity index (χ4n) is 6.67. The molecule has 1 heterocycles. The van der Waals surface area contributed by atoms with Crippen molar-refractivity contribution in [2.45, 2.75) is 38.7 Å². The van der Waals surface area contributed by atoms with Crippen LogP contribution in [0.1, 0.15) is 65.9 Å². The number of carboxylic acids is 3. The summed E-state index contributed by atoms with van der Waals surface area (Å²) in [5, 5.41) is 29.3. The van der Waals surface area contributed by atoms with Crippen molar-refractivity contribution in [2.75, 3.05) is 36.2 Å². The summed E-state index contributed by atoms with van der Waals surface area (Å²) in [5.41, 5.74) is -1.05. The summed E-state index contributed by atoms with van der Waals surface area (Å²) in [7, 11) is 0. The zero-order valence-corrected chi connectivity index (χ0v) is 27.8. The van der Waals surface area contributed by atoms with E-state index in [1.807, 2.05) is 13.8 Å². The van der Waals surface area contributed by atoms with Gasteiger partial charge < -0.3 is 44.1 Å². The Balaban J connectivity index is 1.90. The molecule has 0 aromatic heterocycles. The van der Waals surface area contributed by atoms with Crippen LogP contribution in [0.3, 0.4) is 0 Å². The Morgan fingerprint density at radius 2 is 1.18 bits per heavy atom. The number of nitrogens with zero attached hydrogens (tertiary/aromatic N) is 2. The molecule has 3 aromatic rings. The monoisotopic (exact) mass is 704 g/mol. The van der Waals surface area contributed by atoms with Crippen LogP contribution >= 0.6 is 0 Å². The molecule has 5 rings (SSSR count). The molecule has 3 aromatic carbocycles. The lowest BCUT2D eigenvalue weighted by Crippen LogP contribution is -2.42. The molecule has 1 aliphatic heterocycles. The number of aliphatic carboxylic acids is 3. The summed E-state index contributed by atoms with van der Waals surface area (Å²) in [4.78, 5) is 86.9. The third-order valence-corrected chi connectivity index (χ3v) is 8.53. The van der Waals surface area contributed by atoms with Crippen molar-refractivity contribution in [1.82, 2.24) is 0 Å². The van der Waals surface area contributed by atoms with Crippen molar-refractivity contribution in [2.24, 2.45) is 0 Å². The molecule has 0 fully saturated rings. The van der Waals surface area contributed by atoms with E-state index in [9.17, 15) is 48.9 Å². The fraction of sp³-hybridized carbons (Fsp3) is 0.286. The van der Waals surface area contributed by atoms with Gasteiger partial charge in [0, 0.05) is 36.0 Å². The summed E-state index contributed by atoms with van der Waals surface area (Å²) >= 11 is 0. The van der Waals surface area contributed by atoms with E-state index in [2.05, 4.69) is 0 Å². The van der Waals surface area contributed by atoms with Gasteiger partial charge in [-0.25, -0.2) is 4.79 Å². The third kappa shape index (κ3) is 6.62. The largest absolute Gasteiger partial charge is 0.480 e. The minimum absolute atomic E-state index is 0.0587. The van der Waals surface area contributed by atoms with Crippen LogP contribution in [-0.4, -0.2) is 84.0 Å². The van der Waals surface area contributed by atoms with E-state index in [0.717, 1.165) is 9.80 Å². The van der Waals surface area contributed by atoms with E-state index in [-0.39, 0.29) is 40.5 Å². The lowest BCUT2D eigenvalue weighted by molar-refractivity contribution is -0.137. The summed E-state index contributed by atoms with van der Waals surface area (Å²) in [5.74, 6) is -5.94. The number of carbonyl (C=O) groups excluding carboxylic acids is 4. The van der Waals surface area contributed by atoms with E-state index in [0.29, 0.717) is 22.3 Å². The first-order valence-electron chi connectivity index (χ1n) is 15.3. The number of benzene rings is 3. The maximum atomic E-state index is 14.0. The zero-order valence-electron chi connectivity index (χ0n) is 27.8. The number of carboxylic acid groups (broad SMARTS) is 3. The highest BCUT2D eigenvalue weighted by Crippen LogP contribution is 2.58. The molecule has 1 aliphatic carbocycles. The Morgan fingerprint density at radius 3 is 1.63 bits per heavy atom. The number of anilines is 2. The third-order valence-electron chi connectivity index (χ3n) is 8.53. The van der Waals surface area contributed by atoms with Crippen LogP contribution in [0.15, 0.2) is 48.5 Å². The van der Waals surface area contributed by atoms with Gasteiger partial charge in [0.25, 0.3) is 6.47 Å². The fourth-order valence-corrected chi connectivity index (χ4v) is 6.67. The molecule has 0 saturated carbocycles. The molecule has 0 saturated heterocycles. The molecule has 2 aliphatic rings. The quantitative estimate of drug-likeness (QED) is 0.101. The number of esters is 3. The Kier molecular flexibility index (Phi) is 9.46. The van der Waals surface area contributed by atoms with Crippen LogP contribution in [0.5, 0.6) is 11.5 Å². The van der Waals surface area contributed by atoms with Gasteiger partial charge in [0.15, 0.2) is 12.3 Å². The number of hydrogen-bond acceptors (Lipinski definition) is 13. The number of rotatable bonds is 13. The van der Waals surface area contributed by atoms with Gasteiger partial charge in [0.2, 0.25) is 0 Å². The van der Waals surface area contributed by atoms with Gasteiger partial charge in [0.05, 0.1) is 16.9 Å². The van der Waals surface area contributed by atoms with Crippen LogP contribution < -0.4 is 19.3 Å². The second-order valence-corrected chi connectivity index (χ2v) is 12.3. The minimum Gasteiger partial charge on any atom is -0.480 e. The first-order chi connectivity index (χ1) is 24.0. The Bertz CT molecular complexity index is 1920. The molecule has 0 radical (unpaired) electrons. The topological polar surface area (TPSA) is 224 Å². The molecular weight excluding hydrogens is 672 g/mol. The molecule has 0 bridgehead atoms. The second kappa shape index (κ2) is 13.5. The van der Waals surface area contributed by atoms with Crippen LogP contribution in [0.4, 0.5) is 11.4 Å². The first kappa shape index (κ1) is 35.8. The number of hydrogen-bond donors (Lipinski definition) is 3. The van der Waals surface area contributed by atoms with Crippen molar-refractivity contribution < 1.29 is 67.8 Å². The number of fused-ring (bicyclic) bond motifs is 6. The van der Waals surface area contributed by atoms with Crippen molar-refractivity contribution in [3.63, 3.8) is 0 Å². The van der Waals surface area contributed by atoms with Gasteiger partial charge in [0.1, 0.15) is 31.1 Å². The first-order valence-corrected chi connectivity index (χ1v) is 15.3. The predicted molar refractivity (Wildman–Crippen MR) is 174 cm³/mol. The molecule has 1 spiro atoms. The molecule has 0 atom stereocenters. The molecular formula is C35H32N2O14. The van der Waals surface area contributed by atoms with Gasteiger partial charge >= 0.3 is 35.8 Å². The highest BCUT2D eigenvalue weighted by molar-refractivity contribution is 6.00. The van der Waals surface area contributed by atoms with Gasteiger partial charge in [-0.05, 0) is 47.5 Å². The molecule has 16 heteroatoms. The van der Waals surface area contributed by atoms with Gasteiger partial charge in [-0.3, -0.25) is 28.8 Å². The molecule has 3 N–H and O–H groups in total. The SMILES string of the molecule is CC(=O)Oc1ccc2c(c1)C(C)(C)c1cc(OC(C)=O)ccc1C21OC(=O)c2cc(N(COC=O)CC(=O)O)c(N(CC(=O)O)CC(=O)O)cc21. The van der Waals surface area contributed by atoms with Crippen LogP contribution in [-0.2, 0) is 49.3 Å². The second-order valence-electron chi connectivity index (χ2n) is 12.3. The summed E-state index contributed by atoms with van der Waals surface area (Å²) < 4.78 is 21.9. The Labute approximate surface area is 289 Å². The highest BCUT2D eigenvalue weighted by Gasteiger charge is 2.56. The highest BCUT2D eigenvalue weighted by atomic mass is 16.6. The van der Waals surface area contributed by atoms with Crippen molar-refractivity contribution in [3.05, 3.63) is 81.9 Å². The van der Waals surface area contributed by atoms with Crippen molar-refractivity contribution >= 4 is 53.7 Å². The van der Waals surface area contributed by atoms with E-state index in [1.165, 1.54) is 38.1 Å². The lowest BCUT2D eigenvalue weighted by atomic mass is 9.61. The minimum atomic E-state index is -1.79. The Hall–Kier alpha value is -6.45. The van der Waals surface area contributed by atoms with E-state index in [4.69, 9.17) is 18.9 Å². The Morgan fingerprint density at radius 1 is 0.706 bits per heavy atom. The van der Waals surface area contributed by atoms with E-state index < -0.39 is 73.2 Å². The predicted octanol–water partition coefficient (Wildman–Crippen LogP) is 2.64. The maximum Gasteiger partial charge on any atom is 0.340 e. The van der Waals surface area contributed by atoms with E-state index >= 15 is 0 Å². The normalized spacial score (nSPS) is 14.2. The van der Waals surface area contributed by atoms with Gasteiger partial charge in [-0.1, -0.05) is 26.0 Å². The van der Waals surface area contributed by atoms with Crippen LogP contribution in [0.25, 0.3) is 0 Å². The van der Waals surface area contributed by atoms with Gasteiger partial charge in [-0.2, -0.15) is 0 Å². The number of carbonyl (C=O) groups is 7. The summed E-state index contributed by atoms with van der Waals surface area (Å²) in [6.45, 7) is 3.04. The standard InChI is InChI=1S/C35H32N2O14/c1-18(39)49-20-5-7-23-26(9-20)34(3,4)27-10-21(50-19(2)40)6-8-24(27)35(23)25-12-29(36(13-30(41)42)14-31(43)44)28(11-22(25)33(47)51-35)37(15-32(45)46)16-48-17-38/h5-12,17H,13-16H2,1-4H3,(H,41,42)(H,43,44)(H,45,46). The number of ether oxygens (including phenoxy) is 4. The molecule has 0 amide bonds. The smallest absolute Gasteiger partial charge is 0.340 e. The average Bonchev–Trinajstić information content (AvgIpc) is 3.31. The maximum absolute atomic E-state index is 14.0. The summed E-state index contributed by atoms with van der Waals surface area (Å²) in [6, 6.07) is 12.0. The zero-order chi connectivity index (χ0) is 37.4. The van der Waals surface area contributed by atoms with Crippen molar-refractivity contribution in [1.29, 1.82) is 0 Å². The summed E-state index contributed by atoms with van der Waals surface area (Å²) in [6.07, 6.45) is 0. The van der Waals surface area contributed by atoms with Gasteiger partial charge in [-0.15, -0.1) is 0 Å². The molecule has 266 valence electrons. The average molecular weight is 705 g/mol. The van der Waals surface area contributed by atoms with Crippen LogP contribution in [0.2, 0.25) is 0 Å². The van der Waals surface area contributed by atoms with Crippen molar-refractivity contribution in [3.8, 4) is 11.5 Å². The molecule has 16 nitrogen and oxygen atoms in total. The van der Waals surface area contributed by atoms with E-state index in [1.54, 1.807) is 24.3 Å². The molecule has 51 heavy (non-hydrogen) atoms.